The van der Waals surface area contributed by atoms with E-state index in [9.17, 15) is 9.59 Å². The number of aromatic carboxylic acids is 1. The van der Waals surface area contributed by atoms with Crippen molar-refractivity contribution in [2.75, 3.05) is 0 Å². The number of carboxylic acids is 1. The third kappa shape index (κ3) is 4.34. The van der Waals surface area contributed by atoms with Crippen LogP contribution < -0.4 is 10.6 Å². The van der Waals surface area contributed by atoms with Crippen LogP contribution in [0.4, 0.5) is 4.79 Å². The monoisotopic (exact) mass is 288 g/mol. The van der Waals surface area contributed by atoms with Crippen LogP contribution in [0.3, 0.4) is 0 Å². The number of hydrogen-bond donors (Lipinski definition) is 3. The van der Waals surface area contributed by atoms with E-state index < -0.39 is 5.97 Å². The summed E-state index contributed by atoms with van der Waals surface area (Å²) < 4.78 is 1.67. The number of nitrogens with one attached hydrogen (secondary N) is 2. The van der Waals surface area contributed by atoms with E-state index in [0.29, 0.717) is 13.1 Å². The van der Waals surface area contributed by atoms with Gasteiger partial charge in [0.1, 0.15) is 0 Å². The molecule has 2 amide bonds. The highest BCUT2D eigenvalue weighted by Gasteiger charge is 2.04. The first-order chi connectivity index (χ1) is 10.0. The molecule has 0 aliphatic carbocycles. The molecule has 0 radical (unpaired) electrons. The van der Waals surface area contributed by atoms with Crippen molar-refractivity contribution in [1.29, 1.82) is 0 Å². The summed E-state index contributed by atoms with van der Waals surface area (Å²) in [5, 5.41) is 18.2. The van der Waals surface area contributed by atoms with Gasteiger partial charge in [-0.25, -0.2) is 9.59 Å². The molecule has 0 unspecified atom stereocenters. The Balaban J connectivity index is 1.77. The molecule has 1 aromatic carbocycles. The Hall–Kier alpha value is -2.83. The smallest absolute Gasteiger partial charge is 0.335 e. The maximum absolute atomic E-state index is 11.6. The van der Waals surface area contributed by atoms with E-state index in [0.717, 1.165) is 11.1 Å². The fourth-order valence-electron chi connectivity index (χ4n) is 1.76. The molecule has 0 spiro atoms. The zero-order chi connectivity index (χ0) is 15.2. The minimum atomic E-state index is -0.969. The minimum Gasteiger partial charge on any atom is -0.478 e. The average Bonchev–Trinajstić information content (AvgIpc) is 2.89. The number of rotatable bonds is 5. The number of nitrogens with zero attached hydrogens (tertiary/aromatic N) is 2. The van der Waals surface area contributed by atoms with Crippen molar-refractivity contribution in [3.05, 3.63) is 53.3 Å². The summed E-state index contributed by atoms with van der Waals surface area (Å²) in [6.07, 6.45) is 3.51. The molecular weight excluding hydrogens is 272 g/mol. The van der Waals surface area contributed by atoms with Gasteiger partial charge in [0.05, 0.1) is 11.8 Å². The van der Waals surface area contributed by atoms with Crippen LogP contribution in [-0.4, -0.2) is 26.9 Å². The lowest BCUT2D eigenvalue weighted by Gasteiger charge is -2.07. The Labute approximate surface area is 121 Å². The molecule has 0 bridgehead atoms. The summed E-state index contributed by atoms with van der Waals surface area (Å²) in [7, 11) is 1.81. The molecule has 0 saturated carbocycles. The molecule has 2 rings (SSSR count). The van der Waals surface area contributed by atoms with Crippen LogP contribution in [0.5, 0.6) is 0 Å². The SMILES string of the molecule is Cn1cc(CNC(=O)NCc2ccc(C(=O)O)cc2)cn1. The molecule has 0 saturated heterocycles. The zero-order valence-corrected chi connectivity index (χ0v) is 11.5. The van der Waals surface area contributed by atoms with E-state index in [1.54, 1.807) is 23.0 Å². The highest BCUT2D eigenvalue weighted by molar-refractivity contribution is 5.87. The molecule has 0 aliphatic rings. The van der Waals surface area contributed by atoms with Gasteiger partial charge in [0.25, 0.3) is 0 Å². The van der Waals surface area contributed by atoms with Gasteiger partial charge in [0.15, 0.2) is 0 Å². The van der Waals surface area contributed by atoms with Crippen LogP contribution in [-0.2, 0) is 20.1 Å². The third-order valence-corrected chi connectivity index (χ3v) is 2.87. The second-order valence-electron chi connectivity index (χ2n) is 4.56. The van der Waals surface area contributed by atoms with Crippen LogP contribution in [0.2, 0.25) is 0 Å². The lowest BCUT2D eigenvalue weighted by molar-refractivity contribution is 0.0697. The van der Waals surface area contributed by atoms with Crippen LogP contribution in [0.15, 0.2) is 36.7 Å². The molecular formula is C14H16N4O3. The quantitative estimate of drug-likeness (QED) is 0.768. The van der Waals surface area contributed by atoms with Crippen LogP contribution in [0.1, 0.15) is 21.5 Å². The predicted octanol–water partition coefficient (Wildman–Crippen LogP) is 1.12. The van der Waals surface area contributed by atoms with E-state index in [4.69, 9.17) is 5.11 Å². The van der Waals surface area contributed by atoms with E-state index in [1.165, 1.54) is 12.1 Å². The summed E-state index contributed by atoms with van der Waals surface area (Å²) in [5.74, 6) is -0.969. The normalized spacial score (nSPS) is 10.1. The van der Waals surface area contributed by atoms with E-state index in [2.05, 4.69) is 15.7 Å². The first-order valence-corrected chi connectivity index (χ1v) is 6.36. The van der Waals surface area contributed by atoms with Crippen molar-refractivity contribution in [3.63, 3.8) is 0 Å². The summed E-state index contributed by atoms with van der Waals surface area (Å²) in [4.78, 5) is 22.3. The minimum absolute atomic E-state index is 0.222. The molecule has 110 valence electrons. The Bertz CT molecular complexity index is 634. The highest BCUT2D eigenvalue weighted by atomic mass is 16.4. The second-order valence-corrected chi connectivity index (χ2v) is 4.56. The largest absolute Gasteiger partial charge is 0.478 e. The zero-order valence-electron chi connectivity index (χ0n) is 11.5. The number of hydrogen-bond acceptors (Lipinski definition) is 3. The van der Waals surface area contributed by atoms with E-state index in [1.807, 2.05) is 13.2 Å². The maximum Gasteiger partial charge on any atom is 0.335 e. The molecule has 2 aromatic rings. The van der Waals surface area contributed by atoms with Gasteiger partial charge in [0, 0.05) is 31.9 Å². The highest BCUT2D eigenvalue weighted by Crippen LogP contribution is 2.04. The molecule has 7 nitrogen and oxygen atoms in total. The van der Waals surface area contributed by atoms with Crippen molar-refractivity contribution in [2.24, 2.45) is 7.05 Å². The van der Waals surface area contributed by atoms with Gasteiger partial charge in [-0.15, -0.1) is 0 Å². The second kappa shape index (κ2) is 6.56. The Morgan fingerprint density at radius 3 is 2.29 bits per heavy atom. The maximum atomic E-state index is 11.6. The van der Waals surface area contributed by atoms with Crippen molar-refractivity contribution < 1.29 is 14.7 Å². The molecule has 1 aromatic heterocycles. The number of urea groups is 1. The first-order valence-electron chi connectivity index (χ1n) is 6.36. The van der Waals surface area contributed by atoms with Gasteiger partial charge in [-0.3, -0.25) is 4.68 Å². The Morgan fingerprint density at radius 1 is 1.14 bits per heavy atom. The van der Waals surface area contributed by atoms with Crippen molar-refractivity contribution in [1.82, 2.24) is 20.4 Å². The molecule has 7 heteroatoms. The number of benzene rings is 1. The number of aryl methyl sites for hydroxylation is 1. The van der Waals surface area contributed by atoms with E-state index in [-0.39, 0.29) is 11.6 Å². The number of amides is 2. The number of aromatic nitrogens is 2. The predicted molar refractivity (Wildman–Crippen MR) is 75.7 cm³/mol. The lowest BCUT2D eigenvalue weighted by atomic mass is 10.1. The molecule has 21 heavy (non-hydrogen) atoms. The molecule has 0 fully saturated rings. The van der Waals surface area contributed by atoms with Gasteiger partial charge in [-0.1, -0.05) is 12.1 Å². The first kappa shape index (κ1) is 14.6. The summed E-state index contributed by atoms with van der Waals surface area (Å²) in [6.45, 7) is 0.733. The van der Waals surface area contributed by atoms with Crippen molar-refractivity contribution in [3.8, 4) is 0 Å². The Morgan fingerprint density at radius 2 is 1.76 bits per heavy atom. The molecule has 1 heterocycles. The van der Waals surface area contributed by atoms with Gasteiger partial charge < -0.3 is 15.7 Å². The van der Waals surface area contributed by atoms with Gasteiger partial charge in [0.2, 0.25) is 0 Å². The van der Waals surface area contributed by atoms with Crippen LogP contribution >= 0.6 is 0 Å². The van der Waals surface area contributed by atoms with Gasteiger partial charge in [-0.2, -0.15) is 5.10 Å². The van der Waals surface area contributed by atoms with E-state index >= 15 is 0 Å². The van der Waals surface area contributed by atoms with Crippen LogP contribution in [0.25, 0.3) is 0 Å². The molecule has 0 atom stereocenters. The standard InChI is InChI=1S/C14H16N4O3/c1-18-9-11(8-17-18)7-16-14(21)15-6-10-2-4-12(5-3-10)13(19)20/h2-5,8-9H,6-7H2,1H3,(H,19,20)(H2,15,16,21). The number of carboxylic acid groups (broad SMARTS) is 1. The Kier molecular flexibility index (Phi) is 4.55. The van der Waals surface area contributed by atoms with Crippen molar-refractivity contribution >= 4 is 12.0 Å². The summed E-state index contributed by atoms with van der Waals surface area (Å²) in [6, 6.07) is 6.07. The molecule has 3 N–H and O–H groups in total. The fraction of sp³-hybridized carbons (Fsp3) is 0.214. The van der Waals surface area contributed by atoms with Gasteiger partial charge >= 0.3 is 12.0 Å². The van der Waals surface area contributed by atoms with Crippen molar-refractivity contribution in [2.45, 2.75) is 13.1 Å². The lowest BCUT2D eigenvalue weighted by Crippen LogP contribution is -2.34. The fourth-order valence-corrected chi connectivity index (χ4v) is 1.76. The average molecular weight is 288 g/mol. The summed E-state index contributed by atoms with van der Waals surface area (Å²) in [5.41, 5.74) is 1.97. The van der Waals surface area contributed by atoms with Crippen LogP contribution in [0, 0.1) is 0 Å². The van der Waals surface area contributed by atoms with Gasteiger partial charge in [-0.05, 0) is 17.7 Å². The topological polar surface area (TPSA) is 96.2 Å². The number of carbonyl (C=O) groups is 2. The molecule has 0 aliphatic heterocycles. The third-order valence-electron chi connectivity index (χ3n) is 2.87. The number of carbonyl (C=O) groups excluding carboxylic acids is 1. The summed E-state index contributed by atoms with van der Waals surface area (Å²) >= 11 is 0.